The lowest BCUT2D eigenvalue weighted by Crippen LogP contribution is -2.39. The highest BCUT2D eigenvalue weighted by Gasteiger charge is 2.34. The van der Waals surface area contributed by atoms with Crippen molar-refractivity contribution in [3.05, 3.63) is 30.1 Å². The Hall–Kier alpha value is -0.890. The molecule has 1 aromatic rings. The first-order valence-corrected chi connectivity index (χ1v) is 5.85. The SMILES string of the molecule is CC1(C(N)Cc2ccncc2)CCCC1. The zero-order valence-electron chi connectivity index (χ0n) is 9.45. The van der Waals surface area contributed by atoms with Crippen LogP contribution >= 0.6 is 0 Å². The molecule has 15 heavy (non-hydrogen) atoms. The van der Waals surface area contributed by atoms with Crippen molar-refractivity contribution >= 4 is 0 Å². The second-order valence-corrected chi connectivity index (χ2v) is 5.03. The Labute approximate surface area is 91.9 Å². The van der Waals surface area contributed by atoms with E-state index in [2.05, 4.69) is 24.0 Å². The van der Waals surface area contributed by atoms with Crippen LogP contribution in [-0.2, 0) is 6.42 Å². The topological polar surface area (TPSA) is 38.9 Å². The summed E-state index contributed by atoms with van der Waals surface area (Å²) < 4.78 is 0. The van der Waals surface area contributed by atoms with E-state index in [4.69, 9.17) is 5.73 Å². The van der Waals surface area contributed by atoms with Crippen molar-refractivity contribution in [1.82, 2.24) is 4.98 Å². The maximum Gasteiger partial charge on any atom is 0.0270 e. The number of hydrogen-bond donors (Lipinski definition) is 1. The van der Waals surface area contributed by atoms with Gasteiger partial charge >= 0.3 is 0 Å². The highest BCUT2D eigenvalue weighted by Crippen LogP contribution is 2.40. The molecule has 82 valence electrons. The van der Waals surface area contributed by atoms with E-state index < -0.39 is 0 Å². The number of rotatable bonds is 3. The van der Waals surface area contributed by atoms with Crippen LogP contribution in [-0.4, -0.2) is 11.0 Å². The van der Waals surface area contributed by atoms with E-state index in [1.54, 1.807) is 0 Å². The molecule has 1 saturated carbocycles. The summed E-state index contributed by atoms with van der Waals surface area (Å²) in [5.74, 6) is 0. The van der Waals surface area contributed by atoms with Crippen LogP contribution in [0.25, 0.3) is 0 Å². The Bertz CT molecular complexity index is 302. The molecule has 1 heterocycles. The average molecular weight is 204 g/mol. The number of aromatic nitrogens is 1. The van der Waals surface area contributed by atoms with E-state index in [1.165, 1.54) is 31.2 Å². The summed E-state index contributed by atoms with van der Waals surface area (Å²) in [5.41, 5.74) is 8.00. The van der Waals surface area contributed by atoms with Gasteiger partial charge in [-0.2, -0.15) is 0 Å². The van der Waals surface area contributed by atoms with Gasteiger partial charge < -0.3 is 5.73 Å². The van der Waals surface area contributed by atoms with Gasteiger partial charge in [-0.15, -0.1) is 0 Å². The summed E-state index contributed by atoms with van der Waals surface area (Å²) in [6, 6.07) is 4.43. The van der Waals surface area contributed by atoms with Crippen LogP contribution in [0, 0.1) is 5.41 Å². The van der Waals surface area contributed by atoms with Gasteiger partial charge in [0.15, 0.2) is 0 Å². The van der Waals surface area contributed by atoms with Crippen LogP contribution in [0.2, 0.25) is 0 Å². The summed E-state index contributed by atoms with van der Waals surface area (Å²) in [5, 5.41) is 0. The monoisotopic (exact) mass is 204 g/mol. The lowest BCUT2D eigenvalue weighted by molar-refractivity contribution is 0.260. The normalized spacial score (nSPS) is 21.5. The summed E-state index contributed by atoms with van der Waals surface area (Å²) in [6.07, 6.45) is 9.96. The van der Waals surface area contributed by atoms with Crippen molar-refractivity contribution in [2.75, 3.05) is 0 Å². The molecule has 1 unspecified atom stereocenters. The van der Waals surface area contributed by atoms with Crippen molar-refractivity contribution in [3.8, 4) is 0 Å². The molecule has 1 atom stereocenters. The van der Waals surface area contributed by atoms with E-state index in [0.29, 0.717) is 11.5 Å². The Balaban J connectivity index is 2.00. The molecule has 2 N–H and O–H groups in total. The molecule has 1 aliphatic carbocycles. The molecular formula is C13H20N2. The van der Waals surface area contributed by atoms with Gasteiger partial charge in [0.25, 0.3) is 0 Å². The second-order valence-electron chi connectivity index (χ2n) is 5.03. The van der Waals surface area contributed by atoms with Gasteiger partial charge in [-0.25, -0.2) is 0 Å². The average Bonchev–Trinajstić information content (AvgIpc) is 2.68. The molecule has 2 heteroatoms. The zero-order valence-corrected chi connectivity index (χ0v) is 9.45. The van der Waals surface area contributed by atoms with Crippen molar-refractivity contribution < 1.29 is 0 Å². The van der Waals surface area contributed by atoms with Gasteiger partial charge in [0.05, 0.1) is 0 Å². The van der Waals surface area contributed by atoms with Crippen molar-refractivity contribution in [1.29, 1.82) is 0 Å². The van der Waals surface area contributed by atoms with Crippen LogP contribution < -0.4 is 5.73 Å². The van der Waals surface area contributed by atoms with Crippen LogP contribution in [0.15, 0.2) is 24.5 Å². The largest absolute Gasteiger partial charge is 0.327 e. The molecule has 1 fully saturated rings. The van der Waals surface area contributed by atoms with E-state index in [9.17, 15) is 0 Å². The van der Waals surface area contributed by atoms with Crippen molar-refractivity contribution in [2.45, 2.75) is 45.1 Å². The van der Waals surface area contributed by atoms with Gasteiger partial charge in [0, 0.05) is 18.4 Å². The maximum atomic E-state index is 6.32. The molecule has 0 spiro atoms. The smallest absolute Gasteiger partial charge is 0.0270 e. The Morgan fingerprint density at radius 3 is 2.53 bits per heavy atom. The first-order valence-electron chi connectivity index (χ1n) is 5.85. The van der Waals surface area contributed by atoms with E-state index in [1.807, 2.05) is 12.4 Å². The molecular weight excluding hydrogens is 184 g/mol. The number of hydrogen-bond acceptors (Lipinski definition) is 2. The molecule has 0 saturated heterocycles. The molecule has 0 amide bonds. The first-order chi connectivity index (χ1) is 7.21. The first kappa shape index (κ1) is 10.6. The van der Waals surface area contributed by atoms with E-state index >= 15 is 0 Å². The summed E-state index contributed by atoms with van der Waals surface area (Å²) >= 11 is 0. The Kier molecular flexibility index (Phi) is 3.06. The van der Waals surface area contributed by atoms with Crippen LogP contribution in [0.3, 0.4) is 0 Å². The molecule has 2 nitrogen and oxygen atoms in total. The summed E-state index contributed by atoms with van der Waals surface area (Å²) in [6.45, 7) is 2.34. The van der Waals surface area contributed by atoms with E-state index in [-0.39, 0.29) is 0 Å². The molecule has 1 aliphatic rings. The third-order valence-corrected chi connectivity index (χ3v) is 3.85. The number of nitrogens with two attached hydrogens (primary N) is 1. The van der Waals surface area contributed by atoms with Gasteiger partial charge in [-0.05, 0) is 42.4 Å². The standard InChI is InChI=1S/C13H20N2/c1-13(6-2-3-7-13)12(14)10-11-4-8-15-9-5-11/h4-5,8-9,12H,2-3,6-7,10,14H2,1H3. The predicted molar refractivity (Wildman–Crippen MR) is 62.5 cm³/mol. The second kappa shape index (κ2) is 4.31. The lowest BCUT2D eigenvalue weighted by atomic mass is 9.78. The third-order valence-electron chi connectivity index (χ3n) is 3.85. The number of pyridine rings is 1. The van der Waals surface area contributed by atoms with Crippen molar-refractivity contribution in [3.63, 3.8) is 0 Å². The molecule has 0 radical (unpaired) electrons. The minimum Gasteiger partial charge on any atom is -0.327 e. The van der Waals surface area contributed by atoms with Crippen molar-refractivity contribution in [2.24, 2.45) is 11.1 Å². The maximum absolute atomic E-state index is 6.32. The minimum atomic E-state index is 0.294. The number of nitrogens with zero attached hydrogens (tertiary/aromatic N) is 1. The fourth-order valence-electron chi connectivity index (χ4n) is 2.57. The highest BCUT2D eigenvalue weighted by molar-refractivity contribution is 5.12. The highest BCUT2D eigenvalue weighted by atomic mass is 14.7. The molecule has 0 aromatic carbocycles. The van der Waals surface area contributed by atoms with Gasteiger partial charge in [0.1, 0.15) is 0 Å². The molecule has 1 aromatic heterocycles. The molecule has 0 bridgehead atoms. The van der Waals surface area contributed by atoms with E-state index in [0.717, 1.165) is 6.42 Å². The minimum absolute atomic E-state index is 0.294. The van der Waals surface area contributed by atoms with Crippen LogP contribution in [0.4, 0.5) is 0 Å². The Morgan fingerprint density at radius 2 is 1.93 bits per heavy atom. The zero-order chi connectivity index (χ0) is 10.7. The fraction of sp³-hybridized carbons (Fsp3) is 0.615. The molecule has 0 aliphatic heterocycles. The quantitative estimate of drug-likeness (QED) is 0.821. The third kappa shape index (κ3) is 2.37. The van der Waals surface area contributed by atoms with Gasteiger partial charge in [0.2, 0.25) is 0 Å². The fourth-order valence-corrected chi connectivity index (χ4v) is 2.57. The summed E-state index contributed by atoms with van der Waals surface area (Å²) in [4.78, 5) is 4.03. The Morgan fingerprint density at radius 1 is 1.33 bits per heavy atom. The van der Waals surface area contributed by atoms with Gasteiger partial charge in [-0.1, -0.05) is 19.8 Å². The summed E-state index contributed by atoms with van der Waals surface area (Å²) in [7, 11) is 0. The predicted octanol–water partition coefficient (Wildman–Crippen LogP) is 2.53. The lowest BCUT2D eigenvalue weighted by Gasteiger charge is -2.31. The molecule has 2 rings (SSSR count). The van der Waals surface area contributed by atoms with Gasteiger partial charge in [-0.3, -0.25) is 4.98 Å². The van der Waals surface area contributed by atoms with Crippen LogP contribution in [0.5, 0.6) is 0 Å². The van der Waals surface area contributed by atoms with Crippen LogP contribution in [0.1, 0.15) is 38.2 Å².